The summed E-state index contributed by atoms with van der Waals surface area (Å²) in [5.74, 6) is 0.441. The predicted octanol–water partition coefficient (Wildman–Crippen LogP) is 3.76. The molecule has 0 unspecified atom stereocenters. The van der Waals surface area contributed by atoms with Gasteiger partial charge in [-0.05, 0) is 45.4 Å². The number of ether oxygens (including phenoxy) is 1. The summed E-state index contributed by atoms with van der Waals surface area (Å²) in [4.78, 5) is 18.4. The van der Waals surface area contributed by atoms with E-state index in [0.29, 0.717) is 11.4 Å². The third-order valence-corrected chi connectivity index (χ3v) is 3.36. The third kappa shape index (κ3) is 3.64. The quantitative estimate of drug-likeness (QED) is 0.863. The summed E-state index contributed by atoms with van der Waals surface area (Å²) in [6.45, 7) is 7.92. The van der Waals surface area contributed by atoms with Gasteiger partial charge in [0.05, 0.1) is 11.7 Å². The first-order valence-corrected chi connectivity index (χ1v) is 7.36. The minimum absolute atomic E-state index is 0.0620. The third-order valence-electron chi connectivity index (χ3n) is 3.36. The number of nitrogens with zero attached hydrogens (tertiary/aromatic N) is 2. The fourth-order valence-corrected chi connectivity index (χ4v) is 2.30. The SMILES string of the molecule is Cc1ccc(N(C)C(=O)c2ccc(OC(C)C)nc2)c(C)c1. The monoisotopic (exact) mass is 298 g/mol. The lowest BCUT2D eigenvalue weighted by Gasteiger charge is -2.20. The highest BCUT2D eigenvalue weighted by atomic mass is 16.5. The fourth-order valence-electron chi connectivity index (χ4n) is 2.30. The summed E-state index contributed by atoms with van der Waals surface area (Å²) in [5.41, 5.74) is 3.69. The average Bonchev–Trinajstić information content (AvgIpc) is 2.46. The van der Waals surface area contributed by atoms with Crippen LogP contribution in [0.1, 0.15) is 35.3 Å². The zero-order valence-corrected chi connectivity index (χ0v) is 13.8. The largest absolute Gasteiger partial charge is 0.475 e. The summed E-state index contributed by atoms with van der Waals surface area (Å²) in [6, 6.07) is 9.50. The molecule has 0 fully saturated rings. The molecule has 0 N–H and O–H groups in total. The highest BCUT2D eigenvalue weighted by Gasteiger charge is 2.15. The number of carbonyl (C=O) groups is 1. The minimum atomic E-state index is -0.0875. The average molecular weight is 298 g/mol. The molecular formula is C18H22N2O2. The van der Waals surface area contributed by atoms with E-state index in [0.717, 1.165) is 11.3 Å². The van der Waals surface area contributed by atoms with Crippen LogP contribution < -0.4 is 9.64 Å². The van der Waals surface area contributed by atoms with E-state index in [-0.39, 0.29) is 12.0 Å². The van der Waals surface area contributed by atoms with Gasteiger partial charge in [0.1, 0.15) is 0 Å². The zero-order chi connectivity index (χ0) is 16.3. The molecule has 0 bridgehead atoms. The van der Waals surface area contributed by atoms with E-state index in [1.807, 2.05) is 39.8 Å². The van der Waals surface area contributed by atoms with Crippen LogP contribution in [0, 0.1) is 13.8 Å². The van der Waals surface area contributed by atoms with E-state index in [4.69, 9.17) is 4.74 Å². The topological polar surface area (TPSA) is 42.4 Å². The van der Waals surface area contributed by atoms with Crippen molar-refractivity contribution in [3.05, 3.63) is 53.2 Å². The lowest BCUT2D eigenvalue weighted by atomic mass is 10.1. The van der Waals surface area contributed by atoms with Gasteiger partial charge in [0.25, 0.3) is 5.91 Å². The first-order valence-electron chi connectivity index (χ1n) is 7.36. The Hall–Kier alpha value is -2.36. The summed E-state index contributed by atoms with van der Waals surface area (Å²) < 4.78 is 5.49. The van der Waals surface area contributed by atoms with E-state index in [2.05, 4.69) is 11.1 Å². The second-order valence-electron chi connectivity index (χ2n) is 5.71. The molecule has 1 aromatic heterocycles. The number of hydrogen-bond acceptors (Lipinski definition) is 3. The fraction of sp³-hybridized carbons (Fsp3) is 0.333. The molecule has 0 aliphatic rings. The first kappa shape index (κ1) is 16.0. The van der Waals surface area contributed by atoms with Gasteiger partial charge in [0.2, 0.25) is 5.88 Å². The van der Waals surface area contributed by atoms with Gasteiger partial charge in [0.15, 0.2) is 0 Å². The molecule has 4 heteroatoms. The van der Waals surface area contributed by atoms with Crippen LogP contribution in [-0.4, -0.2) is 24.0 Å². The summed E-state index contributed by atoms with van der Waals surface area (Å²) in [5, 5.41) is 0. The molecule has 116 valence electrons. The molecule has 22 heavy (non-hydrogen) atoms. The Morgan fingerprint density at radius 2 is 1.91 bits per heavy atom. The molecular weight excluding hydrogens is 276 g/mol. The van der Waals surface area contributed by atoms with Gasteiger partial charge in [-0.25, -0.2) is 4.98 Å². The van der Waals surface area contributed by atoms with Gasteiger partial charge >= 0.3 is 0 Å². The van der Waals surface area contributed by atoms with Crippen LogP contribution in [0.15, 0.2) is 36.5 Å². The molecule has 0 aliphatic carbocycles. The number of amides is 1. The van der Waals surface area contributed by atoms with Gasteiger partial charge < -0.3 is 9.64 Å². The lowest BCUT2D eigenvalue weighted by molar-refractivity contribution is 0.0992. The second kappa shape index (κ2) is 6.60. The number of hydrogen-bond donors (Lipinski definition) is 0. The number of aromatic nitrogens is 1. The van der Waals surface area contributed by atoms with Crippen LogP contribution >= 0.6 is 0 Å². The molecule has 0 saturated carbocycles. The Balaban J connectivity index is 2.19. The van der Waals surface area contributed by atoms with Crippen molar-refractivity contribution in [2.75, 3.05) is 11.9 Å². The highest BCUT2D eigenvalue weighted by molar-refractivity contribution is 6.05. The molecule has 0 saturated heterocycles. The number of anilines is 1. The molecule has 1 heterocycles. The van der Waals surface area contributed by atoms with Crippen molar-refractivity contribution in [1.29, 1.82) is 0 Å². The molecule has 1 amide bonds. The van der Waals surface area contributed by atoms with E-state index < -0.39 is 0 Å². The van der Waals surface area contributed by atoms with Crippen molar-refractivity contribution < 1.29 is 9.53 Å². The van der Waals surface area contributed by atoms with Crippen LogP contribution in [0.5, 0.6) is 5.88 Å². The summed E-state index contributed by atoms with van der Waals surface area (Å²) in [6.07, 6.45) is 1.62. The van der Waals surface area contributed by atoms with E-state index in [1.54, 1.807) is 30.3 Å². The predicted molar refractivity (Wildman–Crippen MR) is 88.7 cm³/mol. The Morgan fingerprint density at radius 3 is 2.45 bits per heavy atom. The zero-order valence-electron chi connectivity index (χ0n) is 13.8. The Morgan fingerprint density at radius 1 is 1.18 bits per heavy atom. The maximum atomic E-state index is 12.6. The summed E-state index contributed by atoms with van der Waals surface area (Å²) in [7, 11) is 1.78. The lowest BCUT2D eigenvalue weighted by Crippen LogP contribution is -2.27. The Kier molecular flexibility index (Phi) is 4.81. The standard InChI is InChI=1S/C18H22N2O2/c1-12(2)22-17-9-7-15(11-19-17)18(21)20(5)16-8-6-13(3)10-14(16)4/h6-12H,1-5H3. The van der Waals surface area contributed by atoms with Crippen molar-refractivity contribution in [2.45, 2.75) is 33.8 Å². The van der Waals surface area contributed by atoms with Crippen molar-refractivity contribution in [1.82, 2.24) is 4.98 Å². The number of rotatable bonds is 4. The molecule has 4 nitrogen and oxygen atoms in total. The first-order chi connectivity index (χ1) is 10.4. The van der Waals surface area contributed by atoms with Gasteiger partial charge in [-0.1, -0.05) is 17.7 Å². The van der Waals surface area contributed by atoms with Crippen LogP contribution in [0.25, 0.3) is 0 Å². The van der Waals surface area contributed by atoms with Gasteiger partial charge in [0, 0.05) is 25.0 Å². The molecule has 0 spiro atoms. The van der Waals surface area contributed by atoms with Gasteiger partial charge in [-0.15, -0.1) is 0 Å². The number of benzene rings is 1. The van der Waals surface area contributed by atoms with Crippen molar-refractivity contribution in [2.24, 2.45) is 0 Å². The molecule has 2 rings (SSSR count). The van der Waals surface area contributed by atoms with Crippen molar-refractivity contribution in [3.63, 3.8) is 0 Å². The summed E-state index contributed by atoms with van der Waals surface area (Å²) >= 11 is 0. The molecule has 0 aliphatic heterocycles. The molecule has 2 aromatic rings. The number of pyridine rings is 1. The van der Waals surface area contributed by atoms with Gasteiger partial charge in [-0.2, -0.15) is 0 Å². The number of carbonyl (C=O) groups excluding carboxylic acids is 1. The maximum absolute atomic E-state index is 12.6. The molecule has 0 atom stereocenters. The van der Waals surface area contributed by atoms with Crippen molar-refractivity contribution >= 4 is 11.6 Å². The molecule has 0 radical (unpaired) electrons. The van der Waals surface area contributed by atoms with Crippen LogP contribution in [0.2, 0.25) is 0 Å². The molecule has 1 aromatic carbocycles. The normalized spacial score (nSPS) is 10.6. The second-order valence-corrected chi connectivity index (χ2v) is 5.71. The van der Waals surface area contributed by atoms with Crippen LogP contribution in [-0.2, 0) is 0 Å². The Bertz CT molecular complexity index is 663. The number of aryl methyl sites for hydroxylation is 2. The van der Waals surface area contributed by atoms with E-state index in [1.165, 1.54) is 5.56 Å². The van der Waals surface area contributed by atoms with Crippen molar-refractivity contribution in [3.8, 4) is 5.88 Å². The van der Waals surface area contributed by atoms with E-state index in [9.17, 15) is 4.79 Å². The van der Waals surface area contributed by atoms with Crippen LogP contribution in [0.3, 0.4) is 0 Å². The van der Waals surface area contributed by atoms with Crippen LogP contribution in [0.4, 0.5) is 5.69 Å². The van der Waals surface area contributed by atoms with Gasteiger partial charge in [-0.3, -0.25) is 4.79 Å². The van der Waals surface area contributed by atoms with E-state index >= 15 is 0 Å². The Labute approximate surface area is 131 Å². The minimum Gasteiger partial charge on any atom is -0.475 e. The smallest absolute Gasteiger partial charge is 0.259 e. The highest BCUT2D eigenvalue weighted by Crippen LogP contribution is 2.22. The maximum Gasteiger partial charge on any atom is 0.259 e.